The topological polar surface area (TPSA) is 79.0 Å². The fraction of sp³-hybridized carbons (Fsp3) is 0.667. The molecule has 1 aromatic rings. The summed E-state index contributed by atoms with van der Waals surface area (Å²) in [6, 6.07) is 1.42. The minimum atomic E-state index is -0.875. The lowest BCUT2D eigenvalue weighted by molar-refractivity contribution is -0.135. The lowest BCUT2D eigenvalue weighted by Gasteiger charge is -2.41. The van der Waals surface area contributed by atoms with Crippen LogP contribution >= 0.6 is 22.9 Å². The molecule has 3 aliphatic heterocycles. The van der Waals surface area contributed by atoms with E-state index >= 15 is 0 Å². The van der Waals surface area contributed by atoms with Crippen molar-refractivity contribution in [3.63, 3.8) is 0 Å². The average molecular weight is 454 g/mol. The first-order valence-electron chi connectivity index (χ1n) is 10.7. The van der Waals surface area contributed by atoms with Gasteiger partial charge in [-0.15, -0.1) is 11.3 Å². The molecule has 0 aliphatic carbocycles. The molecule has 30 heavy (non-hydrogen) atoms. The molecule has 3 saturated heterocycles. The Balaban J connectivity index is 1.45. The van der Waals surface area contributed by atoms with Crippen molar-refractivity contribution in [2.24, 2.45) is 5.92 Å². The van der Waals surface area contributed by atoms with Gasteiger partial charge in [-0.3, -0.25) is 14.5 Å². The van der Waals surface area contributed by atoms with Crippen LogP contribution in [0, 0.1) is 5.92 Å². The highest BCUT2D eigenvalue weighted by atomic mass is 35.5. The average Bonchev–Trinajstić information content (AvgIpc) is 3.46. The molecule has 1 N–H and O–H groups in total. The predicted octanol–water partition coefficient (Wildman–Crippen LogP) is 3.52. The Bertz CT molecular complexity index is 817. The van der Waals surface area contributed by atoms with Crippen LogP contribution in [-0.2, 0) is 9.53 Å². The third kappa shape index (κ3) is 3.85. The monoisotopic (exact) mass is 453 g/mol. The highest BCUT2D eigenvalue weighted by Gasteiger charge is 2.55. The van der Waals surface area contributed by atoms with Crippen LogP contribution in [0.2, 0.25) is 5.02 Å². The molecular formula is C21H28ClN3O4S. The van der Waals surface area contributed by atoms with E-state index < -0.39 is 5.54 Å². The minimum Gasteiger partial charge on any atom is -0.376 e. The molecule has 4 rings (SSSR count). The van der Waals surface area contributed by atoms with Crippen LogP contribution < -0.4 is 5.32 Å². The van der Waals surface area contributed by atoms with Crippen LogP contribution in [0.15, 0.2) is 11.4 Å². The van der Waals surface area contributed by atoms with Gasteiger partial charge in [0.25, 0.3) is 11.8 Å². The van der Waals surface area contributed by atoms with Crippen LogP contribution in [0.4, 0.5) is 4.79 Å². The summed E-state index contributed by atoms with van der Waals surface area (Å²) >= 11 is 7.47. The van der Waals surface area contributed by atoms with Crippen molar-refractivity contribution in [3.8, 4) is 0 Å². The second-order valence-electron chi connectivity index (χ2n) is 8.37. The molecule has 4 amide bonds. The number of imide groups is 1. The van der Waals surface area contributed by atoms with Crippen molar-refractivity contribution in [3.05, 3.63) is 21.3 Å². The first-order valence-corrected chi connectivity index (χ1v) is 12.0. The molecule has 4 heterocycles. The summed E-state index contributed by atoms with van der Waals surface area (Å²) in [7, 11) is 0. The zero-order valence-electron chi connectivity index (χ0n) is 17.2. The minimum absolute atomic E-state index is 0.00579. The Morgan fingerprint density at radius 2 is 2.10 bits per heavy atom. The maximum atomic E-state index is 13.5. The normalized spacial score (nSPS) is 27.7. The Labute approximate surface area is 185 Å². The molecule has 0 unspecified atom stereocenters. The van der Waals surface area contributed by atoms with E-state index in [-0.39, 0.29) is 29.9 Å². The van der Waals surface area contributed by atoms with Gasteiger partial charge in [0.1, 0.15) is 10.4 Å². The maximum absolute atomic E-state index is 13.5. The third-order valence-electron chi connectivity index (χ3n) is 6.55. The van der Waals surface area contributed by atoms with Gasteiger partial charge in [0.2, 0.25) is 0 Å². The molecule has 3 fully saturated rings. The van der Waals surface area contributed by atoms with E-state index in [1.807, 2.05) is 12.3 Å². The van der Waals surface area contributed by atoms with Crippen molar-refractivity contribution < 1.29 is 19.1 Å². The summed E-state index contributed by atoms with van der Waals surface area (Å²) in [5.74, 6) is -0.179. The number of nitrogens with zero attached hydrogens (tertiary/aromatic N) is 2. The number of urea groups is 1. The molecule has 9 heteroatoms. The third-order valence-corrected chi connectivity index (χ3v) is 7.88. The Hall–Kier alpha value is -1.64. The maximum Gasteiger partial charge on any atom is 0.325 e. The van der Waals surface area contributed by atoms with E-state index in [0.717, 1.165) is 19.3 Å². The van der Waals surface area contributed by atoms with Gasteiger partial charge in [-0.1, -0.05) is 24.9 Å². The molecule has 0 spiro atoms. The van der Waals surface area contributed by atoms with Crippen molar-refractivity contribution in [1.82, 2.24) is 15.1 Å². The van der Waals surface area contributed by atoms with Crippen LogP contribution in [0.5, 0.6) is 0 Å². The van der Waals surface area contributed by atoms with Gasteiger partial charge in [0, 0.05) is 19.7 Å². The first-order chi connectivity index (χ1) is 14.5. The van der Waals surface area contributed by atoms with Gasteiger partial charge < -0.3 is 15.0 Å². The van der Waals surface area contributed by atoms with Crippen molar-refractivity contribution >= 4 is 40.8 Å². The van der Waals surface area contributed by atoms with E-state index in [2.05, 4.69) is 5.32 Å². The number of carbonyl (C=O) groups is 3. The van der Waals surface area contributed by atoms with Crippen LogP contribution in [0.25, 0.3) is 0 Å². The van der Waals surface area contributed by atoms with Gasteiger partial charge in [-0.25, -0.2) is 4.79 Å². The lowest BCUT2D eigenvalue weighted by Crippen LogP contribution is -2.56. The van der Waals surface area contributed by atoms with Gasteiger partial charge in [0.15, 0.2) is 0 Å². The predicted molar refractivity (Wildman–Crippen MR) is 115 cm³/mol. The fourth-order valence-electron chi connectivity index (χ4n) is 5.01. The number of likely N-dealkylation sites (tertiary alicyclic amines) is 1. The number of rotatable bonds is 6. The number of nitrogens with one attached hydrogen (secondary N) is 1. The number of ether oxygens (including phenoxy) is 1. The van der Waals surface area contributed by atoms with Crippen LogP contribution in [0.1, 0.15) is 55.1 Å². The molecule has 1 aromatic heterocycles. The molecular weight excluding hydrogens is 426 g/mol. The van der Waals surface area contributed by atoms with Crippen LogP contribution in [-0.4, -0.2) is 65.5 Å². The zero-order chi connectivity index (χ0) is 21.3. The fourth-order valence-corrected chi connectivity index (χ4v) is 6.12. The number of thiophene rings is 1. The molecule has 164 valence electrons. The second kappa shape index (κ2) is 8.85. The van der Waals surface area contributed by atoms with Gasteiger partial charge in [-0.2, -0.15) is 0 Å². The standard InChI is InChI=1S/C21H28ClN3O4S/c1-2-8-21(19(27)25(20(28)23-21)13-15-4-3-11-29-15)14-5-9-24(10-6-14)18(26)17-16(22)7-12-30-17/h7,12,14-15H,2-6,8-11,13H2,1H3,(H,23,28)/t15-,21+/m0/s1. The SMILES string of the molecule is CCC[C@]1(C2CCN(C(=O)c3sccc3Cl)CC2)NC(=O)N(C[C@@H]2CCCO2)C1=O. The lowest BCUT2D eigenvalue weighted by atomic mass is 9.74. The molecule has 0 aromatic carbocycles. The summed E-state index contributed by atoms with van der Waals surface area (Å²) in [6.07, 6.45) is 4.53. The molecule has 0 saturated carbocycles. The number of piperidine rings is 1. The van der Waals surface area contributed by atoms with Gasteiger partial charge in [-0.05, 0) is 49.5 Å². The van der Waals surface area contributed by atoms with E-state index in [9.17, 15) is 14.4 Å². The molecule has 0 radical (unpaired) electrons. The number of hydrogen-bond donors (Lipinski definition) is 1. The zero-order valence-corrected chi connectivity index (χ0v) is 18.8. The number of halogens is 1. The van der Waals surface area contributed by atoms with Crippen LogP contribution in [0.3, 0.4) is 0 Å². The molecule has 2 atom stereocenters. The van der Waals surface area contributed by atoms with Gasteiger partial charge in [0.05, 0.1) is 17.7 Å². The Morgan fingerprint density at radius 1 is 1.33 bits per heavy atom. The molecule has 7 nitrogen and oxygen atoms in total. The largest absolute Gasteiger partial charge is 0.376 e. The number of hydrogen-bond acceptors (Lipinski definition) is 5. The second-order valence-corrected chi connectivity index (χ2v) is 9.69. The van der Waals surface area contributed by atoms with E-state index in [4.69, 9.17) is 16.3 Å². The number of amides is 4. The Morgan fingerprint density at radius 3 is 2.70 bits per heavy atom. The van der Waals surface area contributed by atoms with Crippen molar-refractivity contribution in [1.29, 1.82) is 0 Å². The smallest absolute Gasteiger partial charge is 0.325 e. The van der Waals surface area contributed by atoms with E-state index in [1.54, 1.807) is 11.0 Å². The summed E-state index contributed by atoms with van der Waals surface area (Å²) in [6.45, 7) is 4.15. The quantitative estimate of drug-likeness (QED) is 0.668. The first kappa shape index (κ1) is 21.6. The highest BCUT2D eigenvalue weighted by molar-refractivity contribution is 7.12. The summed E-state index contributed by atoms with van der Waals surface area (Å²) in [4.78, 5) is 42.7. The summed E-state index contributed by atoms with van der Waals surface area (Å²) in [5, 5.41) is 5.35. The number of carbonyl (C=O) groups excluding carboxylic acids is 3. The van der Waals surface area contributed by atoms with Crippen molar-refractivity contribution in [2.45, 2.75) is 57.1 Å². The van der Waals surface area contributed by atoms with Gasteiger partial charge >= 0.3 is 6.03 Å². The Kier molecular flexibility index (Phi) is 6.36. The van der Waals surface area contributed by atoms with E-state index in [0.29, 0.717) is 55.4 Å². The summed E-state index contributed by atoms with van der Waals surface area (Å²) in [5.41, 5.74) is -0.875. The molecule has 0 bridgehead atoms. The molecule has 3 aliphatic rings. The highest BCUT2D eigenvalue weighted by Crippen LogP contribution is 2.38. The van der Waals surface area contributed by atoms with Crippen molar-refractivity contribution in [2.75, 3.05) is 26.2 Å². The summed E-state index contributed by atoms with van der Waals surface area (Å²) < 4.78 is 5.64. The van der Waals surface area contributed by atoms with E-state index in [1.165, 1.54) is 16.2 Å².